The maximum absolute atomic E-state index is 13.6. The molecule has 2 aromatic heterocycles. The summed E-state index contributed by atoms with van der Waals surface area (Å²) in [6, 6.07) is 17.1. The molecule has 0 atom stereocenters. The summed E-state index contributed by atoms with van der Waals surface area (Å²) < 4.78 is 21.2. The fraction of sp³-hybridized carbons (Fsp3) is 0.0833. The number of nitrogens with zero attached hydrogens (tertiary/aromatic N) is 1. The van der Waals surface area contributed by atoms with Gasteiger partial charge in [0.15, 0.2) is 5.76 Å². The van der Waals surface area contributed by atoms with Gasteiger partial charge < -0.3 is 4.42 Å². The molecule has 6 heteroatoms. The van der Waals surface area contributed by atoms with E-state index in [9.17, 15) is 14.0 Å². The van der Waals surface area contributed by atoms with Gasteiger partial charge in [-0.1, -0.05) is 42.0 Å². The molecule has 150 valence electrons. The second-order valence-electron chi connectivity index (χ2n) is 6.87. The van der Waals surface area contributed by atoms with Gasteiger partial charge in [-0.05, 0) is 48.4 Å². The zero-order valence-corrected chi connectivity index (χ0v) is 17.0. The number of aromatic nitrogens is 1. The number of thiazole rings is 1. The van der Waals surface area contributed by atoms with Crippen LogP contribution in [0.25, 0.3) is 12.2 Å². The minimum atomic E-state index is -0.376. The molecule has 0 fully saturated rings. The Morgan fingerprint density at radius 2 is 1.93 bits per heavy atom. The Labute approximate surface area is 175 Å². The standard InChI is InChI=1S/C24H18FNO3S/c1-16-7-9-17(10-8-16)13-22-24(28)26(15-18-4-2-5-19(25)12-18)23(30-22)14-20(27)21-6-3-11-29-21/h2-14H,15H2,1H3/b22-13+,23-14-. The average Bonchev–Trinajstić information content (AvgIpc) is 3.35. The van der Waals surface area contributed by atoms with E-state index in [4.69, 9.17) is 4.42 Å². The van der Waals surface area contributed by atoms with Crippen LogP contribution in [0, 0.1) is 12.7 Å². The summed E-state index contributed by atoms with van der Waals surface area (Å²) in [5.74, 6) is -0.521. The number of carbonyl (C=O) groups is 1. The van der Waals surface area contributed by atoms with Gasteiger partial charge in [0.05, 0.1) is 17.3 Å². The average molecular weight is 419 g/mol. The maximum Gasteiger partial charge on any atom is 0.269 e. The normalized spacial score (nSPS) is 12.5. The minimum absolute atomic E-state index is 0.159. The van der Waals surface area contributed by atoms with E-state index < -0.39 is 0 Å². The Bertz CT molecular complexity index is 1360. The molecular formula is C24H18FNO3S. The first-order chi connectivity index (χ1) is 14.5. The summed E-state index contributed by atoms with van der Waals surface area (Å²) >= 11 is 1.22. The van der Waals surface area contributed by atoms with Crippen molar-refractivity contribution in [2.45, 2.75) is 13.5 Å². The Balaban J connectivity index is 1.85. The molecule has 4 aromatic rings. The Morgan fingerprint density at radius 1 is 1.13 bits per heavy atom. The zero-order chi connectivity index (χ0) is 21.1. The predicted molar refractivity (Wildman–Crippen MR) is 116 cm³/mol. The van der Waals surface area contributed by atoms with Gasteiger partial charge in [-0.25, -0.2) is 4.39 Å². The fourth-order valence-electron chi connectivity index (χ4n) is 3.03. The van der Waals surface area contributed by atoms with E-state index in [0.29, 0.717) is 14.8 Å². The zero-order valence-electron chi connectivity index (χ0n) is 16.2. The third-order valence-corrected chi connectivity index (χ3v) is 5.62. The molecule has 0 aliphatic heterocycles. The molecule has 30 heavy (non-hydrogen) atoms. The molecule has 0 saturated carbocycles. The molecule has 4 nitrogen and oxygen atoms in total. The molecule has 0 unspecified atom stereocenters. The molecule has 0 bridgehead atoms. The second kappa shape index (κ2) is 8.47. The lowest BCUT2D eigenvalue weighted by Crippen LogP contribution is -2.32. The van der Waals surface area contributed by atoms with Gasteiger partial charge in [-0.15, -0.1) is 11.3 Å². The van der Waals surface area contributed by atoms with Crippen molar-refractivity contribution >= 4 is 29.3 Å². The first-order valence-corrected chi connectivity index (χ1v) is 10.1. The maximum atomic E-state index is 13.6. The number of rotatable bonds is 5. The number of aryl methyl sites for hydroxylation is 1. The van der Waals surface area contributed by atoms with Crippen LogP contribution >= 0.6 is 11.3 Å². The number of halogens is 1. The lowest BCUT2D eigenvalue weighted by Gasteiger charge is -2.03. The van der Waals surface area contributed by atoms with Crippen LogP contribution in [0.2, 0.25) is 0 Å². The van der Waals surface area contributed by atoms with Gasteiger partial charge in [-0.3, -0.25) is 14.2 Å². The highest BCUT2D eigenvalue weighted by molar-refractivity contribution is 7.07. The van der Waals surface area contributed by atoms with Crippen LogP contribution in [0.5, 0.6) is 0 Å². The van der Waals surface area contributed by atoms with Crippen LogP contribution in [0.1, 0.15) is 27.2 Å². The van der Waals surface area contributed by atoms with Crippen LogP contribution in [-0.4, -0.2) is 10.4 Å². The van der Waals surface area contributed by atoms with E-state index in [1.165, 1.54) is 40.4 Å². The summed E-state index contributed by atoms with van der Waals surface area (Å²) in [6.07, 6.45) is 4.60. The van der Waals surface area contributed by atoms with Crippen molar-refractivity contribution in [1.29, 1.82) is 0 Å². The van der Waals surface area contributed by atoms with E-state index in [2.05, 4.69) is 0 Å². The fourth-order valence-corrected chi connectivity index (χ4v) is 4.07. The van der Waals surface area contributed by atoms with E-state index in [-0.39, 0.29) is 29.5 Å². The molecule has 0 radical (unpaired) electrons. The molecule has 0 N–H and O–H groups in total. The molecule has 4 rings (SSSR count). The van der Waals surface area contributed by atoms with Crippen molar-refractivity contribution in [3.05, 3.63) is 115 Å². The summed E-state index contributed by atoms with van der Waals surface area (Å²) in [5, 5.41) is 0. The largest absolute Gasteiger partial charge is 0.461 e. The van der Waals surface area contributed by atoms with Crippen molar-refractivity contribution in [2.75, 3.05) is 0 Å². The van der Waals surface area contributed by atoms with E-state index in [1.807, 2.05) is 31.2 Å². The van der Waals surface area contributed by atoms with E-state index in [1.54, 1.807) is 30.3 Å². The van der Waals surface area contributed by atoms with Crippen molar-refractivity contribution in [2.24, 2.45) is 0 Å². The van der Waals surface area contributed by atoms with Gasteiger partial charge in [0.1, 0.15) is 10.5 Å². The second-order valence-corrected chi connectivity index (χ2v) is 7.93. The Hall–Kier alpha value is -3.51. The Kier molecular flexibility index (Phi) is 5.59. The third kappa shape index (κ3) is 4.39. The summed E-state index contributed by atoms with van der Waals surface area (Å²) in [7, 11) is 0. The number of ketones is 1. The van der Waals surface area contributed by atoms with Gasteiger partial charge >= 0.3 is 0 Å². The summed E-state index contributed by atoms with van der Waals surface area (Å²) in [4.78, 5) is 25.6. The quantitative estimate of drug-likeness (QED) is 0.466. The molecule has 2 aromatic carbocycles. The number of Topliss-reactive ketones (excluding diaryl/α,β-unsaturated/α-hetero) is 1. The van der Waals surface area contributed by atoms with Crippen molar-refractivity contribution in [3.63, 3.8) is 0 Å². The van der Waals surface area contributed by atoms with Crippen LogP contribution in [0.15, 0.2) is 76.1 Å². The van der Waals surface area contributed by atoms with Crippen molar-refractivity contribution in [3.8, 4) is 0 Å². The van der Waals surface area contributed by atoms with Crippen LogP contribution in [0.3, 0.4) is 0 Å². The topological polar surface area (TPSA) is 52.2 Å². The van der Waals surface area contributed by atoms with Crippen LogP contribution < -0.4 is 14.8 Å². The predicted octanol–water partition coefficient (Wildman–Crippen LogP) is 3.49. The van der Waals surface area contributed by atoms with Gasteiger partial charge in [0.2, 0.25) is 5.78 Å². The van der Waals surface area contributed by atoms with Crippen molar-refractivity contribution in [1.82, 2.24) is 4.57 Å². The number of hydrogen-bond acceptors (Lipinski definition) is 4. The lowest BCUT2D eigenvalue weighted by atomic mass is 10.1. The number of hydrogen-bond donors (Lipinski definition) is 0. The monoisotopic (exact) mass is 419 g/mol. The van der Waals surface area contributed by atoms with Crippen molar-refractivity contribution < 1.29 is 13.6 Å². The molecule has 2 heterocycles. The number of furan rings is 1. The highest BCUT2D eigenvalue weighted by Crippen LogP contribution is 2.06. The van der Waals surface area contributed by atoms with Crippen LogP contribution in [0.4, 0.5) is 4.39 Å². The van der Waals surface area contributed by atoms with Gasteiger partial charge in [0, 0.05) is 6.08 Å². The van der Waals surface area contributed by atoms with Gasteiger partial charge in [-0.2, -0.15) is 0 Å². The minimum Gasteiger partial charge on any atom is -0.461 e. The molecule has 0 spiro atoms. The summed E-state index contributed by atoms with van der Waals surface area (Å²) in [6.45, 7) is 2.15. The number of carbonyl (C=O) groups excluding carboxylic acids is 1. The van der Waals surface area contributed by atoms with Gasteiger partial charge in [0.25, 0.3) is 5.56 Å². The first-order valence-electron chi connectivity index (χ1n) is 9.32. The van der Waals surface area contributed by atoms with E-state index >= 15 is 0 Å². The van der Waals surface area contributed by atoms with Crippen LogP contribution in [-0.2, 0) is 6.54 Å². The van der Waals surface area contributed by atoms with E-state index in [0.717, 1.165) is 11.1 Å². The lowest BCUT2D eigenvalue weighted by molar-refractivity contribution is 0.103. The molecule has 0 aliphatic rings. The Morgan fingerprint density at radius 3 is 2.63 bits per heavy atom. The highest BCUT2D eigenvalue weighted by atomic mass is 32.1. The third-order valence-electron chi connectivity index (χ3n) is 4.56. The summed E-state index contributed by atoms with van der Waals surface area (Å²) in [5.41, 5.74) is 2.42. The molecule has 0 amide bonds. The molecular weight excluding hydrogens is 401 g/mol. The number of benzene rings is 2. The molecule has 0 saturated heterocycles. The highest BCUT2D eigenvalue weighted by Gasteiger charge is 2.10. The molecule has 0 aliphatic carbocycles. The SMILES string of the molecule is Cc1ccc(/C=c2/s/c(=C\C(=O)c3ccco3)n(Cc3cccc(F)c3)c2=O)cc1. The first kappa shape index (κ1) is 19.8. The smallest absolute Gasteiger partial charge is 0.269 e.